The molecule has 9 heteroatoms. The highest BCUT2D eigenvalue weighted by Gasteiger charge is 2.30. The molecule has 0 aliphatic carbocycles. The number of alkyl halides is 3. The van der Waals surface area contributed by atoms with Crippen LogP contribution in [0.1, 0.15) is 27.7 Å². The van der Waals surface area contributed by atoms with E-state index in [2.05, 4.69) is 10.3 Å². The van der Waals surface area contributed by atoms with Crippen molar-refractivity contribution < 1.29 is 23.1 Å². The highest BCUT2D eigenvalue weighted by atomic mass is 19.4. The van der Waals surface area contributed by atoms with E-state index in [0.29, 0.717) is 5.56 Å². The topological polar surface area (TPSA) is 94.0 Å². The van der Waals surface area contributed by atoms with Gasteiger partial charge in [-0.1, -0.05) is 17.3 Å². The number of rotatable bonds is 4. The van der Waals surface area contributed by atoms with Crippen molar-refractivity contribution in [3.05, 3.63) is 47.3 Å². The summed E-state index contributed by atoms with van der Waals surface area (Å²) in [4.78, 5) is 10.8. The summed E-state index contributed by atoms with van der Waals surface area (Å²) in [7, 11) is 0. The van der Waals surface area contributed by atoms with Crippen molar-refractivity contribution in [2.24, 2.45) is 5.73 Å². The first-order valence-electron chi connectivity index (χ1n) is 5.82. The van der Waals surface area contributed by atoms with E-state index in [4.69, 9.17) is 5.73 Å². The first-order valence-corrected chi connectivity index (χ1v) is 5.82. The first-order chi connectivity index (χ1) is 9.77. The number of benzene rings is 1. The van der Waals surface area contributed by atoms with Crippen molar-refractivity contribution in [1.82, 2.24) is 15.0 Å². The largest absolute Gasteiger partial charge is 0.416 e. The normalized spacial score (nSPS) is 13.1. The lowest BCUT2D eigenvalue weighted by atomic mass is 10.1. The van der Waals surface area contributed by atoms with Crippen LogP contribution in [0, 0.1) is 0 Å². The molecule has 3 N–H and O–H groups in total. The summed E-state index contributed by atoms with van der Waals surface area (Å²) < 4.78 is 38.4. The summed E-state index contributed by atoms with van der Waals surface area (Å²) >= 11 is 0. The number of aliphatic hydroxyl groups excluding tert-OH is 1. The second-order valence-corrected chi connectivity index (χ2v) is 4.33. The number of amides is 1. The molecule has 0 aliphatic heterocycles. The average Bonchev–Trinajstić information content (AvgIpc) is 2.86. The second kappa shape index (κ2) is 5.52. The Kier molecular flexibility index (Phi) is 3.94. The van der Waals surface area contributed by atoms with Gasteiger partial charge in [0.2, 0.25) is 0 Å². The van der Waals surface area contributed by atoms with E-state index < -0.39 is 23.8 Å². The summed E-state index contributed by atoms with van der Waals surface area (Å²) in [5.41, 5.74) is 4.44. The van der Waals surface area contributed by atoms with E-state index in [1.807, 2.05) is 0 Å². The van der Waals surface area contributed by atoms with Gasteiger partial charge in [-0.15, -0.1) is 5.10 Å². The molecule has 0 radical (unpaired) electrons. The predicted molar refractivity (Wildman–Crippen MR) is 64.9 cm³/mol. The van der Waals surface area contributed by atoms with Crippen LogP contribution in [0.5, 0.6) is 0 Å². The number of primary amides is 1. The fraction of sp³-hybridized carbons (Fsp3) is 0.250. The molecule has 0 aliphatic rings. The lowest BCUT2D eigenvalue weighted by molar-refractivity contribution is -0.137. The minimum Gasteiger partial charge on any atom is -0.386 e. The molecule has 1 heterocycles. The zero-order chi connectivity index (χ0) is 15.6. The molecule has 1 atom stereocenters. The van der Waals surface area contributed by atoms with Gasteiger partial charge in [0, 0.05) is 0 Å². The minimum atomic E-state index is -4.42. The second-order valence-electron chi connectivity index (χ2n) is 4.33. The van der Waals surface area contributed by atoms with Crippen molar-refractivity contribution in [2.75, 3.05) is 0 Å². The molecule has 2 rings (SSSR count). The lowest BCUT2D eigenvalue weighted by Crippen LogP contribution is -2.12. The monoisotopic (exact) mass is 300 g/mol. The smallest absolute Gasteiger partial charge is 0.386 e. The van der Waals surface area contributed by atoms with Crippen LogP contribution in [0.2, 0.25) is 0 Å². The number of nitrogens with zero attached hydrogens (tertiary/aromatic N) is 3. The molecule has 0 bridgehead atoms. The molecule has 21 heavy (non-hydrogen) atoms. The fourth-order valence-corrected chi connectivity index (χ4v) is 1.68. The van der Waals surface area contributed by atoms with E-state index >= 15 is 0 Å². The molecule has 0 unspecified atom stereocenters. The molecule has 112 valence electrons. The summed E-state index contributed by atoms with van der Waals surface area (Å²) in [6, 6.07) is 4.13. The maximum Gasteiger partial charge on any atom is 0.416 e. The van der Waals surface area contributed by atoms with E-state index in [-0.39, 0.29) is 12.2 Å². The average molecular weight is 300 g/mol. The van der Waals surface area contributed by atoms with Gasteiger partial charge < -0.3 is 10.8 Å². The molecule has 1 aromatic heterocycles. The Morgan fingerprint density at radius 3 is 2.43 bits per heavy atom. The fourth-order valence-electron chi connectivity index (χ4n) is 1.68. The molecular weight excluding hydrogens is 289 g/mol. The van der Waals surface area contributed by atoms with E-state index in [1.54, 1.807) is 0 Å². The Morgan fingerprint density at radius 2 is 1.95 bits per heavy atom. The van der Waals surface area contributed by atoms with Crippen LogP contribution >= 0.6 is 0 Å². The number of halogens is 3. The van der Waals surface area contributed by atoms with E-state index in [9.17, 15) is 23.1 Å². The molecule has 0 spiro atoms. The summed E-state index contributed by atoms with van der Waals surface area (Å²) in [5, 5.41) is 17.0. The standard InChI is InChI=1S/C12H11F3N4O2/c13-12(14,15)8-3-1-7(2-4-8)10(20)6-19-5-9(11(16)21)17-18-19/h1-5,10,20H,6H2,(H2,16,21)/t10-/m0/s1. The highest BCUT2D eigenvalue weighted by Crippen LogP contribution is 2.30. The lowest BCUT2D eigenvalue weighted by Gasteiger charge is -2.12. The Labute approximate surface area is 117 Å². The van der Waals surface area contributed by atoms with Crippen LogP contribution in [0.15, 0.2) is 30.5 Å². The third kappa shape index (κ3) is 3.57. The van der Waals surface area contributed by atoms with Gasteiger partial charge in [0.15, 0.2) is 5.69 Å². The zero-order valence-electron chi connectivity index (χ0n) is 10.6. The van der Waals surface area contributed by atoms with Crippen molar-refractivity contribution in [1.29, 1.82) is 0 Å². The van der Waals surface area contributed by atoms with Gasteiger partial charge in [-0.25, -0.2) is 4.68 Å². The van der Waals surface area contributed by atoms with Crippen molar-refractivity contribution >= 4 is 5.91 Å². The van der Waals surface area contributed by atoms with E-state index in [0.717, 1.165) is 12.1 Å². The maximum absolute atomic E-state index is 12.4. The van der Waals surface area contributed by atoms with E-state index in [1.165, 1.54) is 23.0 Å². The van der Waals surface area contributed by atoms with Gasteiger partial charge in [0.05, 0.1) is 24.4 Å². The Morgan fingerprint density at radius 1 is 1.33 bits per heavy atom. The van der Waals surface area contributed by atoms with Crippen molar-refractivity contribution in [3.63, 3.8) is 0 Å². The van der Waals surface area contributed by atoms with Crippen LogP contribution < -0.4 is 5.73 Å². The van der Waals surface area contributed by atoms with Gasteiger partial charge in [0.25, 0.3) is 5.91 Å². The van der Waals surface area contributed by atoms with Crippen molar-refractivity contribution in [2.45, 2.75) is 18.8 Å². The quantitative estimate of drug-likeness (QED) is 0.885. The Hall–Kier alpha value is -2.42. The molecule has 0 saturated heterocycles. The first kappa shape index (κ1) is 15.0. The summed E-state index contributed by atoms with van der Waals surface area (Å²) in [5.74, 6) is -0.759. The van der Waals surface area contributed by atoms with Gasteiger partial charge in [0.1, 0.15) is 0 Å². The number of aromatic nitrogens is 3. The number of aliphatic hydroxyl groups is 1. The van der Waals surface area contributed by atoms with Gasteiger partial charge in [-0.2, -0.15) is 13.2 Å². The third-order valence-corrected chi connectivity index (χ3v) is 2.77. The van der Waals surface area contributed by atoms with Gasteiger partial charge >= 0.3 is 6.18 Å². The van der Waals surface area contributed by atoms with Gasteiger partial charge in [-0.3, -0.25) is 4.79 Å². The minimum absolute atomic E-state index is 0.0605. The molecule has 0 saturated carbocycles. The Balaban J connectivity index is 2.09. The predicted octanol–water partition coefficient (Wildman–Crippen LogP) is 1.13. The number of carbonyl (C=O) groups excluding carboxylic acids is 1. The third-order valence-electron chi connectivity index (χ3n) is 2.77. The number of hydrogen-bond donors (Lipinski definition) is 2. The van der Waals surface area contributed by atoms with Crippen LogP contribution in [0.4, 0.5) is 13.2 Å². The van der Waals surface area contributed by atoms with Crippen molar-refractivity contribution in [3.8, 4) is 0 Å². The Bertz CT molecular complexity index is 637. The van der Waals surface area contributed by atoms with Crippen LogP contribution in [0.25, 0.3) is 0 Å². The number of nitrogens with two attached hydrogens (primary N) is 1. The molecule has 2 aromatic rings. The molecular formula is C12H11F3N4O2. The van der Waals surface area contributed by atoms with Crippen LogP contribution in [-0.2, 0) is 12.7 Å². The number of hydrogen-bond acceptors (Lipinski definition) is 4. The number of carbonyl (C=O) groups is 1. The van der Waals surface area contributed by atoms with Gasteiger partial charge in [-0.05, 0) is 17.7 Å². The molecule has 1 amide bonds. The SMILES string of the molecule is NC(=O)c1cn(C[C@H](O)c2ccc(C(F)(F)F)cc2)nn1. The molecule has 0 fully saturated rings. The summed E-state index contributed by atoms with van der Waals surface area (Å²) in [6.07, 6.45) is -4.27. The zero-order valence-corrected chi connectivity index (χ0v) is 10.6. The highest BCUT2D eigenvalue weighted by molar-refractivity contribution is 5.90. The maximum atomic E-state index is 12.4. The molecule has 1 aromatic carbocycles. The van der Waals surface area contributed by atoms with Crippen LogP contribution in [-0.4, -0.2) is 26.0 Å². The molecule has 6 nitrogen and oxygen atoms in total. The summed E-state index contributed by atoms with van der Waals surface area (Å²) in [6.45, 7) is -0.0638. The van der Waals surface area contributed by atoms with Crippen LogP contribution in [0.3, 0.4) is 0 Å².